The number of methoxy groups -OCH3 is 2. The topological polar surface area (TPSA) is 104 Å². The van der Waals surface area contributed by atoms with Crippen LogP contribution in [0.1, 0.15) is 13.3 Å². The Kier molecular flexibility index (Phi) is 11.7. The van der Waals surface area contributed by atoms with Crippen LogP contribution in [0.5, 0.6) is 11.5 Å². The Morgan fingerprint density at radius 1 is 1.02 bits per heavy atom. The van der Waals surface area contributed by atoms with Gasteiger partial charge in [0, 0.05) is 67.7 Å². The maximum absolute atomic E-state index is 14.3. The summed E-state index contributed by atoms with van der Waals surface area (Å²) in [6, 6.07) is 11.1. The van der Waals surface area contributed by atoms with E-state index >= 15 is 0 Å². The molecule has 0 aliphatic carbocycles. The summed E-state index contributed by atoms with van der Waals surface area (Å²) in [5.41, 5.74) is 3.30. The van der Waals surface area contributed by atoms with Gasteiger partial charge in [0.2, 0.25) is 5.91 Å². The molecule has 2 N–H and O–H groups in total. The summed E-state index contributed by atoms with van der Waals surface area (Å²) in [6.07, 6.45) is 3.65. The predicted molar refractivity (Wildman–Crippen MR) is 201 cm³/mol. The zero-order valence-electron chi connectivity index (χ0n) is 28.6. The van der Waals surface area contributed by atoms with E-state index in [1.54, 1.807) is 22.9 Å². The number of benzene rings is 2. The Balaban J connectivity index is 1.58. The molecule has 0 unspecified atom stereocenters. The molecule has 2 aromatic heterocycles. The summed E-state index contributed by atoms with van der Waals surface area (Å²) in [5, 5.41) is 7.44. The van der Waals surface area contributed by atoms with Crippen molar-refractivity contribution in [1.29, 1.82) is 0 Å². The standard InChI is InChI=1S/C36H43Cl2N7O4/c1-7-32(46)41-27-19-24(44-16-14-43(8-2)15-17-44)10-11-26(27)40-31-20-28-23(22-39-31)18-25(36(47)45(28)13-9-12-42(3)4)33-34(37)29(48-5)21-30(49-6)35(33)38/h7,10-11,18-22H,1,8-9,12-17H2,2-6H3,(H,39,40)(H,41,46). The molecule has 2 aromatic carbocycles. The average molecular weight is 709 g/mol. The van der Waals surface area contributed by atoms with Crippen molar-refractivity contribution in [3.05, 3.63) is 75.6 Å². The van der Waals surface area contributed by atoms with Crippen LogP contribution >= 0.6 is 23.2 Å². The number of hydrogen-bond donors (Lipinski definition) is 2. The molecule has 0 saturated carbocycles. The average Bonchev–Trinajstić information content (AvgIpc) is 3.10. The highest BCUT2D eigenvalue weighted by atomic mass is 35.5. The molecular formula is C36H43Cl2N7O4. The maximum atomic E-state index is 14.3. The monoisotopic (exact) mass is 707 g/mol. The summed E-state index contributed by atoms with van der Waals surface area (Å²) in [5.74, 6) is 0.848. The summed E-state index contributed by atoms with van der Waals surface area (Å²) in [4.78, 5) is 38.3. The molecule has 11 nitrogen and oxygen atoms in total. The highest BCUT2D eigenvalue weighted by Crippen LogP contribution is 2.45. The SMILES string of the molecule is C=CC(=O)Nc1cc(N2CCN(CC)CC2)ccc1Nc1cc2c(cn1)cc(-c1c(Cl)c(OC)cc(OC)c1Cl)c(=O)n2CCCN(C)C. The number of anilines is 4. The van der Waals surface area contributed by atoms with Crippen molar-refractivity contribution >= 4 is 62.9 Å². The third-order valence-corrected chi connectivity index (χ3v) is 9.45. The van der Waals surface area contributed by atoms with Crippen LogP contribution in [0.25, 0.3) is 22.0 Å². The number of aryl methyl sites for hydroxylation is 1. The molecule has 0 spiro atoms. The summed E-state index contributed by atoms with van der Waals surface area (Å²) < 4.78 is 12.7. The van der Waals surface area contributed by atoms with Crippen LogP contribution in [0.4, 0.5) is 22.9 Å². The van der Waals surface area contributed by atoms with Gasteiger partial charge in [-0.15, -0.1) is 0 Å². The zero-order chi connectivity index (χ0) is 35.2. The smallest absolute Gasteiger partial charge is 0.259 e. The number of nitrogens with zero attached hydrogens (tertiary/aromatic N) is 5. The van der Waals surface area contributed by atoms with E-state index in [4.69, 9.17) is 37.7 Å². The lowest BCUT2D eigenvalue weighted by Crippen LogP contribution is -2.46. The number of fused-ring (bicyclic) bond motifs is 1. The number of halogens is 2. The number of pyridine rings is 2. The summed E-state index contributed by atoms with van der Waals surface area (Å²) >= 11 is 13.5. The van der Waals surface area contributed by atoms with Crippen molar-refractivity contribution < 1.29 is 14.3 Å². The van der Waals surface area contributed by atoms with E-state index < -0.39 is 0 Å². The van der Waals surface area contributed by atoms with Crippen molar-refractivity contribution in [3.63, 3.8) is 0 Å². The van der Waals surface area contributed by atoms with E-state index in [9.17, 15) is 9.59 Å². The number of carbonyl (C=O) groups is 1. The van der Waals surface area contributed by atoms with E-state index in [1.807, 2.05) is 38.4 Å². The van der Waals surface area contributed by atoms with Gasteiger partial charge in [0.05, 0.1) is 46.7 Å². The third kappa shape index (κ3) is 7.96. The van der Waals surface area contributed by atoms with Crippen LogP contribution in [-0.4, -0.2) is 92.8 Å². The van der Waals surface area contributed by atoms with E-state index in [2.05, 4.69) is 38.8 Å². The molecule has 260 valence electrons. The van der Waals surface area contributed by atoms with Crippen LogP contribution in [-0.2, 0) is 11.3 Å². The van der Waals surface area contributed by atoms with Gasteiger partial charge >= 0.3 is 0 Å². The number of likely N-dealkylation sites (N-methyl/N-ethyl adjacent to an activating group) is 1. The molecule has 4 aromatic rings. The molecular weight excluding hydrogens is 665 g/mol. The van der Waals surface area contributed by atoms with Gasteiger partial charge in [0.25, 0.3) is 5.56 Å². The minimum Gasteiger partial charge on any atom is -0.495 e. The van der Waals surface area contributed by atoms with Crippen LogP contribution in [0, 0.1) is 0 Å². The van der Waals surface area contributed by atoms with Gasteiger partial charge in [-0.3, -0.25) is 9.59 Å². The van der Waals surface area contributed by atoms with E-state index in [0.29, 0.717) is 63.7 Å². The van der Waals surface area contributed by atoms with Gasteiger partial charge in [-0.2, -0.15) is 0 Å². The van der Waals surface area contributed by atoms with Gasteiger partial charge in [0.15, 0.2) is 0 Å². The predicted octanol–water partition coefficient (Wildman–Crippen LogP) is 6.35. The van der Waals surface area contributed by atoms with Crippen LogP contribution in [0.2, 0.25) is 10.0 Å². The molecule has 0 atom stereocenters. The molecule has 1 aliphatic heterocycles. The number of amides is 1. The Morgan fingerprint density at radius 3 is 2.33 bits per heavy atom. The minimum absolute atomic E-state index is 0.209. The van der Waals surface area contributed by atoms with Crippen LogP contribution in [0.3, 0.4) is 0 Å². The highest BCUT2D eigenvalue weighted by Gasteiger charge is 2.23. The first-order valence-electron chi connectivity index (χ1n) is 16.2. The first-order chi connectivity index (χ1) is 23.6. The molecule has 49 heavy (non-hydrogen) atoms. The number of rotatable bonds is 13. The number of carbonyl (C=O) groups excluding carboxylic acids is 1. The van der Waals surface area contributed by atoms with Gasteiger partial charge in [-0.1, -0.05) is 36.7 Å². The first kappa shape index (κ1) is 36.0. The van der Waals surface area contributed by atoms with E-state index in [0.717, 1.165) is 45.0 Å². The molecule has 0 radical (unpaired) electrons. The van der Waals surface area contributed by atoms with Crippen LogP contribution in [0.15, 0.2) is 60.0 Å². The molecule has 5 rings (SSSR count). The second-order valence-corrected chi connectivity index (χ2v) is 12.8. The van der Waals surface area contributed by atoms with E-state index in [1.165, 1.54) is 20.3 Å². The van der Waals surface area contributed by atoms with E-state index in [-0.39, 0.29) is 21.5 Å². The second kappa shape index (κ2) is 15.9. The van der Waals surface area contributed by atoms with Gasteiger partial charge in [-0.25, -0.2) is 4.98 Å². The fourth-order valence-electron chi connectivity index (χ4n) is 5.99. The summed E-state index contributed by atoms with van der Waals surface area (Å²) in [7, 11) is 6.97. The number of piperazine rings is 1. The molecule has 3 heterocycles. The van der Waals surface area contributed by atoms with Crippen LogP contribution < -0.4 is 30.6 Å². The number of nitrogens with one attached hydrogen (secondary N) is 2. The molecule has 1 amide bonds. The molecule has 0 bridgehead atoms. The Morgan fingerprint density at radius 2 is 1.71 bits per heavy atom. The lowest BCUT2D eigenvalue weighted by Gasteiger charge is -2.35. The number of ether oxygens (including phenoxy) is 2. The van der Waals surface area contributed by atoms with Crippen molar-refractivity contribution in [3.8, 4) is 22.6 Å². The van der Waals surface area contributed by atoms with Gasteiger partial charge < -0.3 is 39.4 Å². The third-order valence-electron chi connectivity index (χ3n) is 8.70. The second-order valence-electron chi connectivity index (χ2n) is 12.1. The maximum Gasteiger partial charge on any atom is 0.259 e. The van der Waals surface area contributed by atoms with Gasteiger partial charge in [0.1, 0.15) is 17.3 Å². The van der Waals surface area contributed by atoms with Crippen molar-refractivity contribution in [2.45, 2.75) is 19.9 Å². The normalized spacial score (nSPS) is 13.5. The minimum atomic E-state index is -0.323. The zero-order valence-corrected chi connectivity index (χ0v) is 30.1. The first-order valence-corrected chi connectivity index (χ1v) is 16.9. The lowest BCUT2D eigenvalue weighted by molar-refractivity contribution is -0.111. The number of aromatic nitrogens is 2. The Bertz CT molecular complexity index is 1880. The molecule has 1 fully saturated rings. The van der Waals surface area contributed by atoms with Crippen molar-refractivity contribution in [2.75, 3.05) is 83.1 Å². The van der Waals surface area contributed by atoms with Crippen molar-refractivity contribution in [1.82, 2.24) is 19.4 Å². The molecule has 1 aliphatic rings. The number of hydrogen-bond acceptors (Lipinski definition) is 9. The largest absolute Gasteiger partial charge is 0.495 e. The highest BCUT2D eigenvalue weighted by molar-refractivity contribution is 6.41. The quantitative estimate of drug-likeness (QED) is 0.154. The molecule has 1 saturated heterocycles. The fraction of sp³-hybridized carbons (Fsp3) is 0.361. The Hall–Kier alpha value is -4.29. The summed E-state index contributed by atoms with van der Waals surface area (Å²) in [6.45, 7) is 11.8. The molecule has 13 heteroatoms. The van der Waals surface area contributed by atoms with Gasteiger partial charge in [-0.05, 0) is 63.9 Å². The lowest BCUT2D eigenvalue weighted by atomic mass is 10.0. The Labute approximate surface area is 297 Å². The van der Waals surface area contributed by atoms with Crippen molar-refractivity contribution in [2.24, 2.45) is 0 Å². The fourth-order valence-corrected chi connectivity index (χ4v) is 6.70.